The van der Waals surface area contributed by atoms with Crippen LogP contribution in [0, 0.1) is 0 Å². The van der Waals surface area contributed by atoms with Gasteiger partial charge < -0.3 is 9.64 Å². The van der Waals surface area contributed by atoms with Gasteiger partial charge in [-0.1, -0.05) is 55.5 Å². The Labute approximate surface area is 143 Å². The molecule has 1 aliphatic heterocycles. The van der Waals surface area contributed by atoms with Gasteiger partial charge >= 0.3 is 0 Å². The fourth-order valence-electron chi connectivity index (χ4n) is 3.77. The van der Waals surface area contributed by atoms with E-state index in [4.69, 9.17) is 4.74 Å². The molecule has 1 aliphatic rings. The molecule has 3 aromatic rings. The highest BCUT2D eigenvalue weighted by molar-refractivity contribution is 5.73. The Bertz CT molecular complexity index is 826. The zero-order valence-electron chi connectivity index (χ0n) is 14.0. The molecule has 0 radical (unpaired) electrons. The van der Waals surface area contributed by atoms with Gasteiger partial charge in [0.25, 0.3) is 0 Å². The number of methoxy groups -OCH3 is 1. The van der Waals surface area contributed by atoms with E-state index in [9.17, 15) is 0 Å². The number of benzene rings is 3. The molecule has 0 fully saturated rings. The number of fused-ring (bicyclic) bond motifs is 1. The van der Waals surface area contributed by atoms with E-state index in [1.54, 1.807) is 7.11 Å². The minimum atomic E-state index is 0.303. The predicted octanol–water partition coefficient (Wildman–Crippen LogP) is 5.69. The number of hydrogen-bond acceptors (Lipinski definition) is 2. The largest absolute Gasteiger partial charge is 0.497 e. The van der Waals surface area contributed by atoms with Crippen LogP contribution in [0.25, 0.3) is 0 Å². The summed E-state index contributed by atoms with van der Waals surface area (Å²) >= 11 is 0. The van der Waals surface area contributed by atoms with Gasteiger partial charge in [-0.3, -0.25) is 0 Å². The molecule has 0 N–H and O–H groups in total. The number of anilines is 2. The van der Waals surface area contributed by atoms with Crippen molar-refractivity contribution in [2.24, 2.45) is 0 Å². The van der Waals surface area contributed by atoms with E-state index in [2.05, 4.69) is 78.6 Å². The van der Waals surface area contributed by atoms with Crippen LogP contribution in [0.1, 0.15) is 30.0 Å². The third-order valence-electron chi connectivity index (χ3n) is 4.93. The Morgan fingerprint density at radius 2 is 1.46 bits per heavy atom. The Balaban J connectivity index is 1.85. The fourth-order valence-corrected chi connectivity index (χ4v) is 3.77. The van der Waals surface area contributed by atoms with Crippen molar-refractivity contribution in [2.75, 3.05) is 12.0 Å². The van der Waals surface area contributed by atoms with Gasteiger partial charge in [-0.05, 0) is 41.5 Å². The molecule has 3 aromatic carbocycles. The van der Waals surface area contributed by atoms with Crippen molar-refractivity contribution in [1.29, 1.82) is 0 Å². The lowest BCUT2D eigenvalue weighted by atomic mass is 9.92. The van der Waals surface area contributed by atoms with E-state index in [0.29, 0.717) is 12.0 Å². The molecule has 0 aliphatic carbocycles. The maximum absolute atomic E-state index is 5.32. The highest BCUT2D eigenvalue weighted by Crippen LogP contribution is 2.52. The quantitative estimate of drug-likeness (QED) is 0.615. The normalized spacial score (nSPS) is 19.2. The summed E-state index contributed by atoms with van der Waals surface area (Å²) in [4.78, 5) is 2.45. The van der Waals surface area contributed by atoms with Crippen molar-refractivity contribution < 1.29 is 4.74 Å². The average molecular weight is 315 g/mol. The van der Waals surface area contributed by atoms with Crippen LogP contribution in [0.4, 0.5) is 11.4 Å². The van der Waals surface area contributed by atoms with E-state index in [1.165, 1.54) is 22.5 Å². The first kappa shape index (κ1) is 14.8. The molecule has 2 nitrogen and oxygen atoms in total. The first-order valence-electron chi connectivity index (χ1n) is 8.37. The lowest BCUT2D eigenvalue weighted by molar-refractivity contribution is 0.415. The summed E-state index contributed by atoms with van der Waals surface area (Å²) < 4.78 is 5.32. The summed E-state index contributed by atoms with van der Waals surface area (Å²) in [5.41, 5.74) is 5.24. The third kappa shape index (κ3) is 2.35. The summed E-state index contributed by atoms with van der Waals surface area (Å²) in [7, 11) is 1.70. The van der Waals surface area contributed by atoms with Gasteiger partial charge in [-0.25, -0.2) is 0 Å². The van der Waals surface area contributed by atoms with Gasteiger partial charge in [0, 0.05) is 17.3 Å². The smallest absolute Gasteiger partial charge is 0.119 e. The van der Waals surface area contributed by atoms with E-state index >= 15 is 0 Å². The summed E-state index contributed by atoms with van der Waals surface area (Å²) in [6.07, 6.45) is 0. The second kappa shape index (κ2) is 6.04. The van der Waals surface area contributed by atoms with Crippen LogP contribution in [0.2, 0.25) is 0 Å². The van der Waals surface area contributed by atoms with Gasteiger partial charge in [0.1, 0.15) is 5.75 Å². The van der Waals surface area contributed by atoms with Crippen LogP contribution in [-0.4, -0.2) is 7.11 Å². The molecule has 0 aromatic heterocycles. The number of ether oxygens (including phenoxy) is 1. The molecule has 4 rings (SSSR count). The second-order valence-electron chi connectivity index (χ2n) is 6.27. The summed E-state index contributed by atoms with van der Waals surface area (Å²) in [5.74, 6) is 1.32. The van der Waals surface area contributed by atoms with Crippen molar-refractivity contribution in [3.63, 3.8) is 0 Å². The molecule has 2 heteroatoms. The molecule has 0 saturated carbocycles. The minimum Gasteiger partial charge on any atom is -0.497 e. The molecule has 120 valence electrons. The zero-order valence-corrected chi connectivity index (χ0v) is 14.0. The first-order chi connectivity index (χ1) is 11.8. The minimum absolute atomic E-state index is 0.303. The molecule has 0 bridgehead atoms. The lowest BCUT2D eigenvalue weighted by Crippen LogP contribution is -2.21. The van der Waals surface area contributed by atoms with E-state index in [1.807, 2.05) is 12.1 Å². The Morgan fingerprint density at radius 1 is 0.792 bits per heavy atom. The van der Waals surface area contributed by atoms with Gasteiger partial charge in [-0.2, -0.15) is 0 Å². The topological polar surface area (TPSA) is 12.5 Å². The van der Waals surface area contributed by atoms with E-state index < -0.39 is 0 Å². The SMILES string of the molecule is COc1ccc(N2c3ccccc3[C@H](C)[C@H]2c2ccccc2)cc1. The van der Waals surface area contributed by atoms with Crippen molar-refractivity contribution >= 4 is 11.4 Å². The number of rotatable bonds is 3. The van der Waals surface area contributed by atoms with E-state index in [0.717, 1.165) is 5.75 Å². The van der Waals surface area contributed by atoms with Crippen molar-refractivity contribution in [2.45, 2.75) is 18.9 Å². The molecule has 2 atom stereocenters. The van der Waals surface area contributed by atoms with Crippen LogP contribution < -0.4 is 9.64 Å². The highest BCUT2D eigenvalue weighted by atomic mass is 16.5. The van der Waals surface area contributed by atoms with Crippen LogP contribution in [0.3, 0.4) is 0 Å². The number of hydrogen-bond donors (Lipinski definition) is 0. The zero-order chi connectivity index (χ0) is 16.5. The first-order valence-corrected chi connectivity index (χ1v) is 8.37. The average Bonchev–Trinajstić information content (AvgIpc) is 2.95. The molecule has 0 spiro atoms. The third-order valence-corrected chi connectivity index (χ3v) is 4.93. The van der Waals surface area contributed by atoms with Crippen LogP contribution >= 0.6 is 0 Å². The van der Waals surface area contributed by atoms with Crippen molar-refractivity contribution in [3.8, 4) is 5.75 Å². The van der Waals surface area contributed by atoms with Gasteiger partial charge in [0.15, 0.2) is 0 Å². The Hall–Kier alpha value is -2.74. The molecule has 0 amide bonds. The van der Waals surface area contributed by atoms with Crippen LogP contribution in [0.5, 0.6) is 5.75 Å². The van der Waals surface area contributed by atoms with E-state index in [-0.39, 0.29) is 0 Å². The summed E-state index contributed by atoms with van der Waals surface area (Å²) in [6, 6.07) is 28.1. The Morgan fingerprint density at radius 3 is 2.17 bits per heavy atom. The molecule has 1 heterocycles. The van der Waals surface area contributed by atoms with Gasteiger partial charge in [-0.15, -0.1) is 0 Å². The molecule has 0 saturated heterocycles. The fraction of sp³-hybridized carbons (Fsp3) is 0.182. The van der Waals surface area contributed by atoms with Crippen molar-refractivity contribution in [3.05, 3.63) is 90.0 Å². The summed E-state index contributed by atoms with van der Waals surface area (Å²) in [5, 5.41) is 0. The standard InChI is InChI=1S/C22H21NO/c1-16-20-10-6-7-11-21(20)23(18-12-14-19(24-2)15-13-18)22(16)17-8-4-3-5-9-17/h3-16,22H,1-2H3/t16-,22-/m0/s1. The monoisotopic (exact) mass is 315 g/mol. The highest BCUT2D eigenvalue weighted by Gasteiger charge is 2.37. The molecule has 0 unspecified atom stereocenters. The van der Waals surface area contributed by atoms with Gasteiger partial charge in [0.2, 0.25) is 0 Å². The molecule has 24 heavy (non-hydrogen) atoms. The van der Waals surface area contributed by atoms with Crippen LogP contribution in [0.15, 0.2) is 78.9 Å². The number of nitrogens with zero attached hydrogens (tertiary/aromatic N) is 1. The van der Waals surface area contributed by atoms with Crippen molar-refractivity contribution in [1.82, 2.24) is 0 Å². The molecular weight excluding hydrogens is 294 g/mol. The lowest BCUT2D eigenvalue weighted by Gasteiger charge is -2.30. The maximum Gasteiger partial charge on any atom is 0.119 e. The van der Waals surface area contributed by atoms with Crippen LogP contribution in [-0.2, 0) is 0 Å². The predicted molar refractivity (Wildman–Crippen MR) is 99.2 cm³/mol. The molecular formula is C22H21NO. The summed E-state index contributed by atoms with van der Waals surface area (Å²) in [6.45, 7) is 2.32. The maximum atomic E-state index is 5.32. The van der Waals surface area contributed by atoms with Gasteiger partial charge in [0.05, 0.1) is 13.2 Å². The second-order valence-corrected chi connectivity index (χ2v) is 6.27. The Kier molecular flexibility index (Phi) is 3.73. The number of para-hydroxylation sites is 1.